The third-order valence-electron chi connectivity index (χ3n) is 2.01. The van der Waals surface area contributed by atoms with Crippen molar-refractivity contribution in [2.75, 3.05) is 0 Å². The van der Waals surface area contributed by atoms with E-state index in [4.69, 9.17) is 0 Å². The number of halogens is 1. The molecule has 0 aliphatic rings. The van der Waals surface area contributed by atoms with Gasteiger partial charge in [0.05, 0.1) is 8.45 Å². The van der Waals surface area contributed by atoms with Crippen molar-refractivity contribution in [3.8, 4) is 0 Å². The van der Waals surface area contributed by atoms with Crippen LogP contribution in [0.15, 0.2) is 36.0 Å². The van der Waals surface area contributed by atoms with Crippen LogP contribution in [-0.4, -0.2) is 10.9 Å². The first-order valence-electron chi connectivity index (χ1n) is 4.67. The molecule has 1 amide bonds. The number of nitrogens with one attached hydrogen (secondary N) is 1. The SMILES string of the molecule is O=C(NCc1cccnc1)c1csc(I)c1. The zero-order valence-corrected chi connectivity index (χ0v) is 11.3. The van der Waals surface area contributed by atoms with Crippen LogP contribution in [0.25, 0.3) is 0 Å². The van der Waals surface area contributed by atoms with Crippen LogP contribution >= 0.6 is 33.9 Å². The van der Waals surface area contributed by atoms with Gasteiger partial charge in [-0.1, -0.05) is 6.07 Å². The van der Waals surface area contributed by atoms with Crippen LogP contribution < -0.4 is 5.32 Å². The lowest BCUT2D eigenvalue weighted by Crippen LogP contribution is -2.22. The first kappa shape index (κ1) is 11.5. The molecule has 0 unspecified atom stereocenters. The van der Waals surface area contributed by atoms with Gasteiger partial charge in [0.2, 0.25) is 0 Å². The van der Waals surface area contributed by atoms with E-state index in [2.05, 4.69) is 32.9 Å². The molecule has 0 aromatic carbocycles. The first-order valence-corrected chi connectivity index (χ1v) is 6.62. The van der Waals surface area contributed by atoms with Crippen LogP contribution in [0.2, 0.25) is 0 Å². The molecule has 0 saturated carbocycles. The Hall–Kier alpha value is -0.950. The zero-order chi connectivity index (χ0) is 11.4. The summed E-state index contributed by atoms with van der Waals surface area (Å²) >= 11 is 3.77. The van der Waals surface area contributed by atoms with Crippen molar-refractivity contribution in [3.05, 3.63) is 50.0 Å². The van der Waals surface area contributed by atoms with E-state index in [0.29, 0.717) is 6.54 Å². The van der Waals surface area contributed by atoms with Gasteiger partial charge in [-0.05, 0) is 40.3 Å². The molecule has 5 heteroatoms. The molecular formula is C11H9IN2OS. The maximum Gasteiger partial charge on any atom is 0.252 e. The fourth-order valence-corrected chi connectivity index (χ4v) is 2.54. The number of hydrogen-bond acceptors (Lipinski definition) is 3. The molecule has 0 fully saturated rings. The molecule has 0 spiro atoms. The van der Waals surface area contributed by atoms with Gasteiger partial charge in [0.25, 0.3) is 5.91 Å². The molecule has 0 bridgehead atoms. The summed E-state index contributed by atoms with van der Waals surface area (Å²) in [6.07, 6.45) is 3.46. The van der Waals surface area contributed by atoms with Gasteiger partial charge < -0.3 is 5.32 Å². The number of carbonyl (C=O) groups excluding carboxylic acids is 1. The number of amides is 1. The minimum atomic E-state index is -0.0389. The van der Waals surface area contributed by atoms with E-state index in [-0.39, 0.29) is 5.91 Å². The Kier molecular flexibility index (Phi) is 3.89. The highest BCUT2D eigenvalue weighted by Crippen LogP contribution is 2.16. The molecule has 0 aliphatic heterocycles. The van der Waals surface area contributed by atoms with E-state index < -0.39 is 0 Å². The minimum Gasteiger partial charge on any atom is -0.348 e. The molecule has 16 heavy (non-hydrogen) atoms. The molecule has 2 heterocycles. The van der Waals surface area contributed by atoms with E-state index in [9.17, 15) is 4.79 Å². The number of hydrogen-bond donors (Lipinski definition) is 1. The molecule has 0 saturated heterocycles. The Balaban J connectivity index is 1.94. The maximum absolute atomic E-state index is 11.7. The predicted octanol–water partition coefficient (Wildman–Crippen LogP) is 2.68. The van der Waals surface area contributed by atoms with E-state index in [1.807, 2.05) is 23.6 Å². The first-order chi connectivity index (χ1) is 7.75. The lowest BCUT2D eigenvalue weighted by molar-refractivity contribution is 0.0951. The summed E-state index contributed by atoms with van der Waals surface area (Å²) in [5.74, 6) is -0.0389. The van der Waals surface area contributed by atoms with Crippen molar-refractivity contribution >= 4 is 39.8 Å². The van der Waals surface area contributed by atoms with Crippen LogP contribution in [-0.2, 0) is 6.54 Å². The number of thiophene rings is 1. The lowest BCUT2D eigenvalue weighted by atomic mass is 10.2. The second kappa shape index (κ2) is 5.40. The highest BCUT2D eigenvalue weighted by molar-refractivity contribution is 14.1. The summed E-state index contributed by atoms with van der Waals surface area (Å²) in [4.78, 5) is 15.7. The van der Waals surface area contributed by atoms with E-state index in [1.54, 1.807) is 23.7 Å². The summed E-state index contributed by atoms with van der Waals surface area (Å²) in [6, 6.07) is 5.67. The molecule has 0 aliphatic carbocycles. The standard InChI is InChI=1S/C11H9IN2OS/c12-10-4-9(7-16-10)11(15)14-6-8-2-1-3-13-5-8/h1-5,7H,6H2,(H,14,15). The van der Waals surface area contributed by atoms with Gasteiger partial charge in [-0.15, -0.1) is 11.3 Å². The van der Waals surface area contributed by atoms with Gasteiger partial charge >= 0.3 is 0 Å². The fraction of sp³-hybridized carbons (Fsp3) is 0.0909. The Labute approximate surface area is 111 Å². The minimum absolute atomic E-state index is 0.0389. The number of aromatic nitrogens is 1. The van der Waals surface area contributed by atoms with Crippen LogP contribution in [0.1, 0.15) is 15.9 Å². The van der Waals surface area contributed by atoms with Crippen LogP contribution in [0, 0.1) is 2.88 Å². The summed E-state index contributed by atoms with van der Waals surface area (Å²) < 4.78 is 1.11. The molecule has 1 N–H and O–H groups in total. The van der Waals surface area contributed by atoms with Crippen molar-refractivity contribution in [3.63, 3.8) is 0 Å². The van der Waals surface area contributed by atoms with Crippen LogP contribution in [0.5, 0.6) is 0 Å². The quantitative estimate of drug-likeness (QED) is 0.870. The topological polar surface area (TPSA) is 42.0 Å². The smallest absolute Gasteiger partial charge is 0.252 e. The summed E-state index contributed by atoms with van der Waals surface area (Å²) in [5.41, 5.74) is 1.72. The lowest BCUT2D eigenvalue weighted by Gasteiger charge is -2.02. The number of carbonyl (C=O) groups is 1. The monoisotopic (exact) mass is 344 g/mol. The summed E-state index contributed by atoms with van der Waals surface area (Å²) in [6.45, 7) is 0.513. The van der Waals surface area contributed by atoms with E-state index >= 15 is 0 Å². The summed E-state index contributed by atoms with van der Waals surface area (Å²) in [5, 5.41) is 4.71. The summed E-state index contributed by atoms with van der Waals surface area (Å²) in [7, 11) is 0. The average Bonchev–Trinajstić information content (AvgIpc) is 2.74. The molecule has 82 valence electrons. The van der Waals surface area contributed by atoms with Crippen LogP contribution in [0.3, 0.4) is 0 Å². The van der Waals surface area contributed by atoms with Gasteiger partial charge in [-0.3, -0.25) is 9.78 Å². The Morgan fingerprint density at radius 1 is 1.56 bits per heavy atom. The van der Waals surface area contributed by atoms with Gasteiger partial charge in [0.1, 0.15) is 0 Å². The zero-order valence-electron chi connectivity index (χ0n) is 8.31. The fourth-order valence-electron chi connectivity index (χ4n) is 1.22. The molecule has 2 aromatic rings. The Morgan fingerprint density at radius 2 is 2.44 bits per heavy atom. The van der Waals surface area contributed by atoms with Crippen LogP contribution in [0.4, 0.5) is 0 Å². The highest BCUT2D eigenvalue weighted by atomic mass is 127. The molecule has 3 nitrogen and oxygen atoms in total. The van der Waals surface area contributed by atoms with Crippen molar-refractivity contribution in [1.29, 1.82) is 0 Å². The van der Waals surface area contributed by atoms with Gasteiger partial charge in [-0.2, -0.15) is 0 Å². The van der Waals surface area contributed by atoms with Gasteiger partial charge in [0.15, 0.2) is 0 Å². The molecule has 2 aromatic heterocycles. The highest BCUT2D eigenvalue weighted by Gasteiger charge is 2.06. The van der Waals surface area contributed by atoms with Crippen molar-refractivity contribution in [2.45, 2.75) is 6.54 Å². The van der Waals surface area contributed by atoms with Crippen molar-refractivity contribution < 1.29 is 4.79 Å². The molecule has 2 rings (SSSR count). The van der Waals surface area contributed by atoms with Crippen molar-refractivity contribution in [2.24, 2.45) is 0 Å². The number of rotatable bonds is 3. The molecule has 0 radical (unpaired) electrons. The Bertz CT molecular complexity index is 484. The second-order valence-electron chi connectivity index (χ2n) is 3.18. The molecular weight excluding hydrogens is 335 g/mol. The third-order valence-corrected chi connectivity index (χ3v) is 3.79. The van der Waals surface area contributed by atoms with E-state index in [0.717, 1.165) is 14.0 Å². The number of pyridine rings is 1. The average molecular weight is 344 g/mol. The van der Waals surface area contributed by atoms with E-state index in [1.165, 1.54) is 0 Å². The van der Waals surface area contributed by atoms with Gasteiger partial charge in [0, 0.05) is 24.3 Å². The Morgan fingerprint density at radius 3 is 3.06 bits per heavy atom. The predicted molar refractivity (Wildman–Crippen MR) is 72.4 cm³/mol. The molecule has 0 atom stereocenters. The normalized spacial score (nSPS) is 10.1. The largest absolute Gasteiger partial charge is 0.348 e. The van der Waals surface area contributed by atoms with Crippen molar-refractivity contribution in [1.82, 2.24) is 10.3 Å². The number of nitrogens with zero attached hydrogens (tertiary/aromatic N) is 1. The third kappa shape index (κ3) is 3.02. The maximum atomic E-state index is 11.7. The second-order valence-corrected chi connectivity index (χ2v) is 5.99. The van der Waals surface area contributed by atoms with Gasteiger partial charge in [-0.25, -0.2) is 0 Å².